The molecule has 2 atom stereocenters. The van der Waals surface area contributed by atoms with Gasteiger partial charge in [-0.1, -0.05) is 36.8 Å². The molecular weight excluding hydrogens is 310 g/mol. The van der Waals surface area contributed by atoms with E-state index in [0.717, 1.165) is 17.7 Å². The van der Waals surface area contributed by atoms with E-state index in [-0.39, 0.29) is 11.9 Å². The number of benzene rings is 2. The Hall–Kier alpha value is -2.29. The third-order valence-corrected chi connectivity index (χ3v) is 4.69. The summed E-state index contributed by atoms with van der Waals surface area (Å²) < 4.78 is 5.83. The van der Waals surface area contributed by atoms with E-state index in [1.54, 1.807) is 6.92 Å². The normalized spacial score (nSPS) is 13.2. The average molecular weight is 339 g/mol. The number of nitrogens with one attached hydrogen (secondary N) is 1. The molecule has 0 heterocycles. The van der Waals surface area contributed by atoms with Gasteiger partial charge in [-0.15, -0.1) is 0 Å². The molecule has 0 aliphatic carbocycles. The quantitative estimate of drug-likeness (QED) is 0.808. The van der Waals surface area contributed by atoms with Gasteiger partial charge in [0.05, 0.1) is 6.04 Å². The maximum absolute atomic E-state index is 12.6. The Balaban J connectivity index is 2.06. The zero-order valence-electron chi connectivity index (χ0n) is 16.1. The number of rotatable bonds is 6. The van der Waals surface area contributed by atoms with Gasteiger partial charge in [-0.05, 0) is 75.4 Å². The zero-order chi connectivity index (χ0) is 18.6. The van der Waals surface area contributed by atoms with Crippen molar-refractivity contribution < 1.29 is 9.53 Å². The Bertz CT molecular complexity index is 752. The van der Waals surface area contributed by atoms with E-state index in [1.165, 1.54) is 22.3 Å². The third kappa shape index (κ3) is 4.85. The molecule has 25 heavy (non-hydrogen) atoms. The SMILES string of the molecule is CC[C@H](NC(=O)[C@H](C)Oc1ccc(C)c(C)c1)c1ccc(C)cc1C. The summed E-state index contributed by atoms with van der Waals surface area (Å²) in [6.45, 7) is 12.1. The molecule has 3 nitrogen and oxygen atoms in total. The van der Waals surface area contributed by atoms with Gasteiger partial charge in [-0.3, -0.25) is 4.79 Å². The van der Waals surface area contributed by atoms with Crippen LogP contribution in [0, 0.1) is 27.7 Å². The molecule has 0 saturated heterocycles. The molecule has 1 amide bonds. The minimum Gasteiger partial charge on any atom is -0.481 e. The van der Waals surface area contributed by atoms with Gasteiger partial charge in [0, 0.05) is 0 Å². The van der Waals surface area contributed by atoms with Crippen LogP contribution in [0.15, 0.2) is 36.4 Å². The maximum atomic E-state index is 12.6. The third-order valence-electron chi connectivity index (χ3n) is 4.69. The van der Waals surface area contributed by atoms with E-state index in [4.69, 9.17) is 4.74 Å². The molecule has 2 aromatic carbocycles. The number of hydrogen-bond acceptors (Lipinski definition) is 2. The largest absolute Gasteiger partial charge is 0.481 e. The van der Waals surface area contributed by atoms with Crippen molar-refractivity contribution in [1.82, 2.24) is 5.32 Å². The minimum atomic E-state index is -0.540. The Morgan fingerprint density at radius 2 is 1.72 bits per heavy atom. The minimum absolute atomic E-state index is 0.00101. The summed E-state index contributed by atoms with van der Waals surface area (Å²) in [5, 5.41) is 3.13. The lowest BCUT2D eigenvalue weighted by atomic mass is 9.97. The van der Waals surface area contributed by atoms with Crippen LogP contribution in [-0.4, -0.2) is 12.0 Å². The first kappa shape index (κ1) is 19.0. The van der Waals surface area contributed by atoms with Crippen molar-refractivity contribution in [1.29, 1.82) is 0 Å². The van der Waals surface area contributed by atoms with Crippen LogP contribution in [0.25, 0.3) is 0 Å². The summed E-state index contributed by atoms with van der Waals surface area (Å²) in [5.74, 6) is 0.635. The van der Waals surface area contributed by atoms with Gasteiger partial charge in [0.15, 0.2) is 6.10 Å². The highest BCUT2D eigenvalue weighted by atomic mass is 16.5. The molecule has 0 aliphatic heterocycles. The van der Waals surface area contributed by atoms with Crippen LogP contribution in [0.4, 0.5) is 0 Å². The molecule has 0 bridgehead atoms. The lowest BCUT2D eigenvalue weighted by molar-refractivity contribution is -0.128. The predicted molar refractivity (Wildman–Crippen MR) is 103 cm³/mol. The second kappa shape index (κ2) is 8.19. The molecule has 1 N–H and O–H groups in total. The fourth-order valence-corrected chi connectivity index (χ4v) is 2.95. The van der Waals surface area contributed by atoms with Crippen LogP contribution < -0.4 is 10.1 Å². The molecule has 0 radical (unpaired) electrons. The molecule has 134 valence electrons. The molecular formula is C22H29NO2. The topological polar surface area (TPSA) is 38.3 Å². The Morgan fingerprint density at radius 3 is 2.32 bits per heavy atom. The van der Waals surface area contributed by atoms with Gasteiger partial charge in [0.1, 0.15) is 5.75 Å². The van der Waals surface area contributed by atoms with Crippen molar-refractivity contribution in [3.63, 3.8) is 0 Å². The Labute approximate surface area is 151 Å². The fraction of sp³-hybridized carbons (Fsp3) is 0.409. The summed E-state index contributed by atoms with van der Waals surface area (Å²) in [4.78, 5) is 12.6. The van der Waals surface area contributed by atoms with Crippen LogP contribution in [0.1, 0.15) is 54.1 Å². The van der Waals surface area contributed by atoms with Gasteiger partial charge in [0.2, 0.25) is 0 Å². The van der Waals surface area contributed by atoms with Crippen LogP contribution in [-0.2, 0) is 4.79 Å². The number of hydrogen-bond donors (Lipinski definition) is 1. The summed E-state index contributed by atoms with van der Waals surface area (Å²) in [5.41, 5.74) is 5.97. The molecule has 0 spiro atoms. The highest BCUT2D eigenvalue weighted by molar-refractivity contribution is 5.81. The standard InChI is InChI=1S/C22H29NO2/c1-7-21(20-11-8-14(2)12-17(20)5)23-22(24)18(6)25-19-10-9-15(3)16(4)13-19/h8-13,18,21H,7H2,1-6H3,(H,23,24)/t18-,21-/m0/s1. The smallest absolute Gasteiger partial charge is 0.261 e. The van der Waals surface area contributed by atoms with E-state index in [1.807, 2.05) is 25.1 Å². The molecule has 2 aromatic rings. The van der Waals surface area contributed by atoms with Crippen LogP contribution >= 0.6 is 0 Å². The number of carbonyl (C=O) groups excluding carboxylic acids is 1. The number of amides is 1. The summed E-state index contributed by atoms with van der Waals surface area (Å²) >= 11 is 0. The molecule has 2 rings (SSSR count). The van der Waals surface area contributed by atoms with Gasteiger partial charge in [0.25, 0.3) is 5.91 Å². The van der Waals surface area contributed by atoms with Gasteiger partial charge in [-0.25, -0.2) is 0 Å². The fourth-order valence-electron chi connectivity index (χ4n) is 2.95. The van der Waals surface area contributed by atoms with E-state index < -0.39 is 6.10 Å². The van der Waals surface area contributed by atoms with Gasteiger partial charge in [-0.2, -0.15) is 0 Å². The summed E-state index contributed by atoms with van der Waals surface area (Å²) in [6.07, 6.45) is 0.299. The van der Waals surface area contributed by atoms with Crippen molar-refractivity contribution in [2.24, 2.45) is 0 Å². The van der Waals surface area contributed by atoms with Crippen LogP contribution in [0.5, 0.6) is 5.75 Å². The van der Waals surface area contributed by atoms with Crippen LogP contribution in [0.2, 0.25) is 0 Å². The van der Waals surface area contributed by atoms with Crippen molar-refractivity contribution >= 4 is 5.91 Å². The molecule has 0 aromatic heterocycles. The number of ether oxygens (including phenoxy) is 1. The lowest BCUT2D eigenvalue weighted by Crippen LogP contribution is -2.38. The first-order valence-corrected chi connectivity index (χ1v) is 8.93. The number of carbonyl (C=O) groups is 1. The maximum Gasteiger partial charge on any atom is 0.261 e. The lowest BCUT2D eigenvalue weighted by Gasteiger charge is -2.23. The summed E-state index contributed by atoms with van der Waals surface area (Å²) in [6, 6.07) is 12.2. The highest BCUT2D eigenvalue weighted by Crippen LogP contribution is 2.22. The van der Waals surface area contributed by atoms with Crippen molar-refractivity contribution in [2.75, 3.05) is 0 Å². The first-order chi connectivity index (χ1) is 11.8. The van der Waals surface area contributed by atoms with Crippen molar-refractivity contribution in [3.8, 4) is 5.75 Å². The zero-order valence-corrected chi connectivity index (χ0v) is 16.1. The van der Waals surface area contributed by atoms with E-state index in [2.05, 4.69) is 51.2 Å². The van der Waals surface area contributed by atoms with E-state index >= 15 is 0 Å². The predicted octanol–water partition coefficient (Wildman–Crippen LogP) is 4.96. The Kier molecular flexibility index (Phi) is 6.24. The van der Waals surface area contributed by atoms with Gasteiger partial charge < -0.3 is 10.1 Å². The second-order valence-electron chi connectivity index (χ2n) is 6.84. The molecule has 0 unspecified atom stereocenters. The van der Waals surface area contributed by atoms with E-state index in [0.29, 0.717) is 0 Å². The van der Waals surface area contributed by atoms with E-state index in [9.17, 15) is 4.79 Å². The second-order valence-corrected chi connectivity index (χ2v) is 6.84. The molecule has 0 aliphatic rings. The van der Waals surface area contributed by atoms with Gasteiger partial charge >= 0.3 is 0 Å². The monoisotopic (exact) mass is 339 g/mol. The van der Waals surface area contributed by atoms with Crippen molar-refractivity contribution in [3.05, 3.63) is 64.2 Å². The van der Waals surface area contributed by atoms with Crippen molar-refractivity contribution in [2.45, 2.75) is 60.1 Å². The van der Waals surface area contributed by atoms with Crippen LogP contribution in [0.3, 0.4) is 0 Å². The molecule has 3 heteroatoms. The number of aryl methyl sites for hydroxylation is 4. The summed E-state index contributed by atoms with van der Waals surface area (Å²) in [7, 11) is 0. The average Bonchev–Trinajstić information content (AvgIpc) is 2.56. The molecule has 0 saturated carbocycles. The molecule has 0 fully saturated rings. The Morgan fingerprint density at radius 1 is 1.00 bits per heavy atom. The highest BCUT2D eigenvalue weighted by Gasteiger charge is 2.20. The first-order valence-electron chi connectivity index (χ1n) is 8.93.